The van der Waals surface area contributed by atoms with Crippen molar-refractivity contribution in [1.29, 1.82) is 0 Å². The molecule has 2 aliphatic heterocycles. The Morgan fingerprint density at radius 1 is 1.10 bits per heavy atom. The smallest absolute Gasteiger partial charge is 0.408 e. The van der Waals surface area contributed by atoms with Crippen LogP contribution in [0.1, 0.15) is 26.3 Å². The van der Waals surface area contributed by atoms with Gasteiger partial charge in [0, 0.05) is 17.7 Å². The third kappa shape index (κ3) is 7.04. The van der Waals surface area contributed by atoms with Gasteiger partial charge in [0.2, 0.25) is 0 Å². The van der Waals surface area contributed by atoms with Crippen molar-refractivity contribution >= 4 is 44.5 Å². The van der Waals surface area contributed by atoms with E-state index in [4.69, 9.17) is 14.2 Å². The van der Waals surface area contributed by atoms with Gasteiger partial charge < -0.3 is 24.4 Å². The Balaban J connectivity index is 1.70. The fourth-order valence-corrected chi connectivity index (χ4v) is 8.41. The van der Waals surface area contributed by atoms with Gasteiger partial charge in [-0.1, -0.05) is 42.1 Å². The van der Waals surface area contributed by atoms with Crippen molar-refractivity contribution in [2.75, 3.05) is 30.6 Å². The number of nitrogens with one attached hydrogen (secondary N) is 1. The van der Waals surface area contributed by atoms with E-state index >= 15 is 0 Å². The van der Waals surface area contributed by atoms with Gasteiger partial charge in [-0.3, -0.25) is 4.79 Å². The number of aliphatic imine (C=N–C) groups is 1. The maximum absolute atomic E-state index is 13.6. The molecule has 0 unspecified atom stereocenters. The Kier molecular flexibility index (Phi) is 8.45. The van der Waals surface area contributed by atoms with Crippen LogP contribution in [0, 0.1) is 0 Å². The van der Waals surface area contributed by atoms with Crippen molar-refractivity contribution < 1.29 is 32.2 Å². The van der Waals surface area contributed by atoms with Gasteiger partial charge in [0.15, 0.2) is 15.0 Å². The number of hydrogen-bond donors (Lipinski definition) is 1. The van der Waals surface area contributed by atoms with Gasteiger partial charge in [0.25, 0.3) is 5.91 Å². The lowest BCUT2D eigenvalue weighted by atomic mass is 10.1. The Morgan fingerprint density at radius 3 is 2.46 bits per heavy atom. The first-order chi connectivity index (χ1) is 18.4. The lowest BCUT2D eigenvalue weighted by Gasteiger charge is -2.27. The summed E-state index contributed by atoms with van der Waals surface area (Å²) < 4.78 is 41.3. The molecule has 2 amide bonds. The molecule has 2 aromatic carbocycles. The van der Waals surface area contributed by atoms with E-state index in [1.54, 1.807) is 43.9 Å². The van der Waals surface area contributed by atoms with Crippen LogP contribution in [0.5, 0.6) is 11.5 Å². The second-order valence-corrected chi connectivity index (χ2v) is 13.7. The first kappa shape index (κ1) is 28.8. The minimum atomic E-state index is -3.26. The summed E-state index contributed by atoms with van der Waals surface area (Å²) in [5.74, 6) is 0.350. The zero-order valence-corrected chi connectivity index (χ0v) is 24.2. The van der Waals surface area contributed by atoms with Gasteiger partial charge in [-0.25, -0.2) is 13.2 Å². The predicted octanol–water partition coefficient (Wildman–Crippen LogP) is 3.44. The molecule has 0 saturated carbocycles. The molecule has 0 bridgehead atoms. The molecule has 39 heavy (non-hydrogen) atoms. The Morgan fingerprint density at radius 2 is 1.82 bits per heavy atom. The van der Waals surface area contributed by atoms with Crippen molar-refractivity contribution in [2.45, 2.75) is 50.1 Å². The zero-order chi connectivity index (χ0) is 28.4. The van der Waals surface area contributed by atoms with E-state index in [-0.39, 0.29) is 23.2 Å². The van der Waals surface area contributed by atoms with Crippen molar-refractivity contribution in [3.63, 3.8) is 0 Å². The fourth-order valence-electron chi connectivity index (χ4n) is 4.50. The number of methoxy groups -OCH3 is 2. The number of amides is 2. The minimum absolute atomic E-state index is 0.0197. The van der Waals surface area contributed by atoms with E-state index in [0.29, 0.717) is 22.4 Å². The first-order valence-electron chi connectivity index (χ1n) is 12.4. The highest BCUT2D eigenvalue weighted by atomic mass is 32.2. The highest BCUT2D eigenvalue weighted by Crippen LogP contribution is 2.44. The number of sulfone groups is 1. The molecule has 2 aromatic rings. The molecule has 0 radical (unpaired) electrons. The van der Waals surface area contributed by atoms with Gasteiger partial charge in [-0.2, -0.15) is 4.99 Å². The van der Waals surface area contributed by atoms with Crippen LogP contribution in [-0.4, -0.2) is 74.2 Å². The molecule has 2 heterocycles. The van der Waals surface area contributed by atoms with Gasteiger partial charge in [0.05, 0.1) is 37.5 Å². The molecule has 2 aliphatic rings. The number of carbonyl (C=O) groups is 2. The van der Waals surface area contributed by atoms with Crippen LogP contribution < -0.4 is 19.7 Å². The second-order valence-electron chi connectivity index (χ2n) is 10.3. The van der Waals surface area contributed by atoms with Crippen molar-refractivity contribution in [3.8, 4) is 11.5 Å². The summed E-state index contributed by atoms with van der Waals surface area (Å²) in [5, 5.41) is 2.71. The number of fused-ring (bicyclic) bond motifs is 1. The summed E-state index contributed by atoms with van der Waals surface area (Å²) in [4.78, 5) is 32.4. The Bertz CT molecular complexity index is 1360. The van der Waals surface area contributed by atoms with Crippen LogP contribution in [0.15, 0.2) is 53.5 Å². The average molecular weight is 576 g/mol. The molecule has 1 N–H and O–H groups in total. The summed E-state index contributed by atoms with van der Waals surface area (Å²) in [7, 11) is -0.218. The lowest BCUT2D eigenvalue weighted by Crippen LogP contribution is -2.45. The van der Waals surface area contributed by atoms with Gasteiger partial charge in [-0.05, 0) is 38.5 Å². The third-order valence-corrected chi connectivity index (χ3v) is 9.40. The van der Waals surface area contributed by atoms with Crippen molar-refractivity contribution in [1.82, 2.24) is 5.32 Å². The number of amidine groups is 1. The topological polar surface area (TPSA) is 124 Å². The van der Waals surface area contributed by atoms with Crippen LogP contribution >= 0.6 is 11.8 Å². The van der Waals surface area contributed by atoms with Crippen LogP contribution in [-0.2, 0) is 25.8 Å². The zero-order valence-electron chi connectivity index (χ0n) is 22.5. The van der Waals surface area contributed by atoms with Crippen LogP contribution in [0.25, 0.3) is 0 Å². The lowest BCUT2D eigenvalue weighted by molar-refractivity contribution is -0.119. The maximum atomic E-state index is 13.6. The van der Waals surface area contributed by atoms with Crippen molar-refractivity contribution in [2.24, 2.45) is 4.99 Å². The number of ether oxygens (including phenoxy) is 3. The Labute approximate surface area is 233 Å². The van der Waals surface area contributed by atoms with Crippen LogP contribution in [0.2, 0.25) is 0 Å². The molecule has 3 atom stereocenters. The maximum Gasteiger partial charge on any atom is 0.408 e. The molecule has 4 rings (SSSR count). The average Bonchev–Trinajstić information content (AvgIpc) is 3.33. The standard InChI is InChI=1S/C27H33N3O7S2/c1-27(2,3)37-26(32)28-19(13-17-9-7-6-8-10-17)24(31)29-25-30(21-15-39(33,34)16-23(21)38-25)20-12-11-18(35-4)14-22(20)36-5/h6-12,14,19,21,23H,13,15-16H2,1-5H3,(H,28,32)/t19-,21+,23+/m0/s1. The van der Waals surface area contributed by atoms with E-state index in [1.165, 1.54) is 26.0 Å². The molecule has 2 fully saturated rings. The van der Waals surface area contributed by atoms with Crippen molar-refractivity contribution in [3.05, 3.63) is 54.1 Å². The second kappa shape index (κ2) is 11.5. The molecule has 0 aliphatic carbocycles. The number of hydrogen-bond acceptors (Lipinski definition) is 8. The monoisotopic (exact) mass is 575 g/mol. The predicted molar refractivity (Wildman–Crippen MR) is 152 cm³/mol. The fraction of sp³-hybridized carbons (Fsp3) is 0.444. The highest BCUT2D eigenvalue weighted by Gasteiger charge is 2.50. The normalized spacial score (nSPS) is 21.8. The molecule has 0 aromatic heterocycles. The van der Waals surface area contributed by atoms with Gasteiger partial charge in [-0.15, -0.1) is 0 Å². The molecular formula is C27H33N3O7S2. The number of rotatable bonds is 7. The van der Waals surface area contributed by atoms with E-state index in [9.17, 15) is 18.0 Å². The largest absolute Gasteiger partial charge is 0.497 e. The van der Waals surface area contributed by atoms with Crippen LogP contribution in [0.4, 0.5) is 10.5 Å². The molecule has 2 saturated heterocycles. The minimum Gasteiger partial charge on any atom is -0.497 e. The number of nitrogens with zero attached hydrogens (tertiary/aromatic N) is 2. The summed E-state index contributed by atoms with van der Waals surface area (Å²) >= 11 is 1.24. The number of alkyl carbamates (subject to hydrolysis) is 1. The van der Waals surface area contributed by atoms with Gasteiger partial charge >= 0.3 is 6.09 Å². The summed E-state index contributed by atoms with van der Waals surface area (Å²) in [5.41, 5.74) is 0.659. The first-order valence-corrected chi connectivity index (χ1v) is 15.1. The summed E-state index contributed by atoms with van der Waals surface area (Å²) in [6, 6.07) is 13.0. The van der Waals surface area contributed by atoms with E-state index in [2.05, 4.69) is 10.3 Å². The number of anilines is 1. The molecule has 210 valence electrons. The summed E-state index contributed by atoms with van der Waals surface area (Å²) in [6.07, 6.45) is -0.527. The van der Waals surface area contributed by atoms with E-state index in [0.717, 1.165) is 5.56 Å². The number of benzene rings is 2. The molecular weight excluding hydrogens is 542 g/mol. The van der Waals surface area contributed by atoms with Gasteiger partial charge in [0.1, 0.15) is 23.1 Å². The molecule has 12 heteroatoms. The highest BCUT2D eigenvalue weighted by molar-refractivity contribution is 8.16. The quantitative estimate of drug-likeness (QED) is 0.529. The third-order valence-electron chi connectivity index (χ3n) is 6.19. The SMILES string of the molecule is COc1ccc(N2C(=NC(=O)[C@H](Cc3ccccc3)NC(=O)OC(C)(C)C)S[C@@H]3CS(=O)(=O)C[C@H]32)c(OC)c1. The Hall–Kier alpha value is -3.25. The number of carbonyl (C=O) groups excluding carboxylic acids is 2. The summed E-state index contributed by atoms with van der Waals surface area (Å²) in [6.45, 7) is 5.22. The molecule has 0 spiro atoms. The van der Waals surface area contributed by atoms with Crippen LogP contribution in [0.3, 0.4) is 0 Å². The molecule has 10 nitrogen and oxygen atoms in total. The van der Waals surface area contributed by atoms with E-state index in [1.807, 2.05) is 30.3 Å². The van der Waals surface area contributed by atoms with E-state index < -0.39 is 39.5 Å². The number of thioether (sulfide) groups is 1.